The Kier molecular flexibility index (Phi) is 4.78. The Bertz CT molecular complexity index is 485. The summed E-state index contributed by atoms with van der Waals surface area (Å²) in [4.78, 5) is 22.1. The van der Waals surface area contributed by atoms with E-state index in [2.05, 4.69) is 10.6 Å². The average Bonchev–Trinajstić information content (AvgIpc) is 2.89. The number of nitrogens with one attached hydrogen (secondary N) is 2. The molecule has 1 saturated heterocycles. The van der Waals surface area contributed by atoms with E-state index in [0.717, 1.165) is 5.56 Å². The zero-order valence-electron chi connectivity index (χ0n) is 10.8. The van der Waals surface area contributed by atoms with Gasteiger partial charge in [-0.15, -0.1) is 0 Å². The number of ether oxygens (including phenoxy) is 2. The second-order valence-electron chi connectivity index (χ2n) is 4.37. The van der Waals surface area contributed by atoms with Crippen molar-refractivity contribution in [2.24, 2.45) is 0 Å². The van der Waals surface area contributed by atoms with Gasteiger partial charge >= 0.3 is 12.2 Å². The number of benzene rings is 1. The molecule has 108 valence electrons. The fourth-order valence-electron chi connectivity index (χ4n) is 1.86. The summed E-state index contributed by atoms with van der Waals surface area (Å²) in [6.45, 7) is 1.31. The van der Waals surface area contributed by atoms with Crippen LogP contribution >= 0.6 is 0 Å². The Morgan fingerprint density at radius 2 is 2.30 bits per heavy atom. The lowest BCUT2D eigenvalue weighted by Crippen LogP contribution is -2.28. The third-order valence-electron chi connectivity index (χ3n) is 2.78. The summed E-state index contributed by atoms with van der Waals surface area (Å²) in [5.74, 6) is 0. The number of carbonyl (C=O) groups excluding carboxylic acids is 1. The highest BCUT2D eigenvalue weighted by Crippen LogP contribution is 2.11. The van der Waals surface area contributed by atoms with Crippen LogP contribution in [0.15, 0.2) is 24.3 Å². The van der Waals surface area contributed by atoms with E-state index >= 15 is 0 Å². The number of hydrogen-bond donors (Lipinski definition) is 3. The van der Waals surface area contributed by atoms with E-state index in [1.54, 1.807) is 24.3 Å². The van der Waals surface area contributed by atoms with E-state index in [4.69, 9.17) is 14.6 Å². The van der Waals surface area contributed by atoms with Gasteiger partial charge in [0.15, 0.2) is 0 Å². The van der Waals surface area contributed by atoms with Crippen LogP contribution in [0.2, 0.25) is 0 Å². The summed E-state index contributed by atoms with van der Waals surface area (Å²) < 4.78 is 10.2. The lowest BCUT2D eigenvalue weighted by molar-refractivity contribution is 0.0828. The summed E-state index contributed by atoms with van der Waals surface area (Å²) in [5, 5.41) is 13.5. The van der Waals surface area contributed by atoms with Gasteiger partial charge in [-0.05, 0) is 17.7 Å². The number of rotatable bonds is 4. The summed E-state index contributed by atoms with van der Waals surface area (Å²) in [6.07, 6.45) is -1.10. The Morgan fingerprint density at radius 1 is 1.45 bits per heavy atom. The molecule has 20 heavy (non-hydrogen) atoms. The first-order chi connectivity index (χ1) is 9.63. The monoisotopic (exact) mass is 280 g/mol. The van der Waals surface area contributed by atoms with Crippen molar-refractivity contribution in [3.05, 3.63) is 29.8 Å². The summed E-state index contributed by atoms with van der Waals surface area (Å²) in [7, 11) is 0. The standard InChI is InChI=1S/C13H16N2O5/c16-12(17)15-10-3-1-2-9(6-10)7-14-13(18)20-11-4-5-19-8-11/h1-3,6,11,15H,4-5,7-8H2,(H,14,18)(H,16,17)/t11-/m0/s1. The number of anilines is 1. The summed E-state index contributed by atoms with van der Waals surface area (Å²) in [6, 6.07) is 6.77. The van der Waals surface area contributed by atoms with Gasteiger partial charge in [0, 0.05) is 18.7 Å². The van der Waals surface area contributed by atoms with E-state index < -0.39 is 12.2 Å². The number of carboxylic acid groups (broad SMARTS) is 1. The largest absolute Gasteiger partial charge is 0.465 e. The Hall–Kier alpha value is -2.28. The van der Waals surface area contributed by atoms with Crippen LogP contribution in [0.1, 0.15) is 12.0 Å². The summed E-state index contributed by atoms with van der Waals surface area (Å²) in [5.41, 5.74) is 1.23. The Morgan fingerprint density at radius 3 is 3.00 bits per heavy atom. The second kappa shape index (κ2) is 6.76. The molecule has 0 saturated carbocycles. The van der Waals surface area contributed by atoms with Gasteiger partial charge < -0.3 is 19.9 Å². The quantitative estimate of drug-likeness (QED) is 0.781. The second-order valence-corrected chi connectivity index (χ2v) is 4.37. The van der Waals surface area contributed by atoms with Crippen LogP contribution in [0.5, 0.6) is 0 Å². The SMILES string of the molecule is O=C(O)Nc1cccc(CNC(=O)O[C@H]2CCOC2)c1. The van der Waals surface area contributed by atoms with Crippen LogP contribution in [0, 0.1) is 0 Å². The number of alkyl carbamates (subject to hydrolysis) is 1. The zero-order chi connectivity index (χ0) is 14.4. The zero-order valence-corrected chi connectivity index (χ0v) is 10.8. The molecule has 1 atom stereocenters. The molecule has 3 N–H and O–H groups in total. The molecule has 0 unspecified atom stereocenters. The normalized spacial score (nSPS) is 17.5. The van der Waals surface area contributed by atoms with E-state index in [1.165, 1.54) is 0 Å². The molecular formula is C13H16N2O5. The molecule has 0 aromatic heterocycles. The molecule has 1 heterocycles. The van der Waals surface area contributed by atoms with Crippen molar-refractivity contribution in [2.75, 3.05) is 18.5 Å². The number of amides is 2. The molecule has 2 amide bonds. The maximum absolute atomic E-state index is 11.5. The molecule has 1 aromatic carbocycles. The maximum Gasteiger partial charge on any atom is 0.409 e. The van der Waals surface area contributed by atoms with Gasteiger partial charge in [-0.3, -0.25) is 5.32 Å². The predicted molar refractivity (Wildman–Crippen MR) is 70.6 cm³/mol. The van der Waals surface area contributed by atoms with Crippen LogP contribution in [-0.2, 0) is 16.0 Å². The molecule has 0 spiro atoms. The van der Waals surface area contributed by atoms with Crippen molar-refractivity contribution in [3.8, 4) is 0 Å². The van der Waals surface area contributed by atoms with Gasteiger partial charge in [0.25, 0.3) is 0 Å². The smallest absolute Gasteiger partial charge is 0.409 e. The molecule has 1 fully saturated rings. The molecule has 1 aliphatic heterocycles. The van der Waals surface area contributed by atoms with Crippen LogP contribution in [0.3, 0.4) is 0 Å². The van der Waals surface area contributed by atoms with Gasteiger partial charge in [0.1, 0.15) is 6.10 Å². The van der Waals surface area contributed by atoms with Gasteiger partial charge in [-0.1, -0.05) is 12.1 Å². The predicted octanol–water partition coefficient (Wildman–Crippen LogP) is 1.79. The lowest BCUT2D eigenvalue weighted by Gasteiger charge is -2.11. The highest BCUT2D eigenvalue weighted by atomic mass is 16.6. The van der Waals surface area contributed by atoms with Gasteiger partial charge in [-0.25, -0.2) is 9.59 Å². The molecule has 0 radical (unpaired) electrons. The molecule has 1 aliphatic rings. The van der Waals surface area contributed by atoms with Crippen molar-refractivity contribution in [2.45, 2.75) is 19.1 Å². The van der Waals surface area contributed by atoms with Crippen molar-refractivity contribution < 1.29 is 24.2 Å². The minimum absolute atomic E-state index is 0.185. The minimum Gasteiger partial charge on any atom is -0.465 e. The van der Waals surface area contributed by atoms with Crippen LogP contribution in [0.4, 0.5) is 15.3 Å². The molecular weight excluding hydrogens is 264 g/mol. The number of hydrogen-bond acceptors (Lipinski definition) is 4. The number of carbonyl (C=O) groups is 2. The van der Waals surface area contributed by atoms with Crippen molar-refractivity contribution in [3.63, 3.8) is 0 Å². The van der Waals surface area contributed by atoms with Gasteiger partial charge in [-0.2, -0.15) is 0 Å². The molecule has 2 rings (SSSR count). The fourth-order valence-corrected chi connectivity index (χ4v) is 1.86. The Labute approximate surface area is 115 Å². The highest BCUT2D eigenvalue weighted by molar-refractivity contribution is 5.82. The molecule has 7 heteroatoms. The van der Waals surface area contributed by atoms with Gasteiger partial charge in [0.05, 0.1) is 13.2 Å². The Balaban J connectivity index is 1.80. The third kappa shape index (κ3) is 4.43. The van der Waals surface area contributed by atoms with E-state index in [9.17, 15) is 9.59 Å². The minimum atomic E-state index is -1.13. The van der Waals surface area contributed by atoms with Crippen molar-refractivity contribution in [1.29, 1.82) is 0 Å². The molecule has 1 aromatic rings. The molecule has 7 nitrogen and oxygen atoms in total. The van der Waals surface area contributed by atoms with E-state index in [-0.39, 0.29) is 12.6 Å². The third-order valence-corrected chi connectivity index (χ3v) is 2.78. The first-order valence-corrected chi connectivity index (χ1v) is 6.24. The molecule has 0 aliphatic carbocycles. The summed E-state index contributed by atoms with van der Waals surface area (Å²) >= 11 is 0. The topological polar surface area (TPSA) is 96.9 Å². The first-order valence-electron chi connectivity index (χ1n) is 6.24. The first kappa shape index (κ1) is 14.1. The van der Waals surface area contributed by atoms with Gasteiger partial charge in [0.2, 0.25) is 0 Å². The lowest BCUT2D eigenvalue weighted by atomic mass is 10.2. The van der Waals surface area contributed by atoms with Crippen molar-refractivity contribution >= 4 is 17.9 Å². The average molecular weight is 280 g/mol. The van der Waals surface area contributed by atoms with E-state index in [1.807, 2.05) is 0 Å². The van der Waals surface area contributed by atoms with Crippen LogP contribution in [0.25, 0.3) is 0 Å². The molecule has 0 bridgehead atoms. The highest BCUT2D eigenvalue weighted by Gasteiger charge is 2.19. The maximum atomic E-state index is 11.5. The van der Waals surface area contributed by atoms with Crippen LogP contribution in [-0.4, -0.2) is 36.6 Å². The fraction of sp³-hybridized carbons (Fsp3) is 0.385. The van der Waals surface area contributed by atoms with Crippen LogP contribution < -0.4 is 10.6 Å². The van der Waals surface area contributed by atoms with E-state index in [0.29, 0.717) is 25.3 Å². The van der Waals surface area contributed by atoms with Crippen molar-refractivity contribution in [1.82, 2.24) is 5.32 Å².